The van der Waals surface area contributed by atoms with E-state index in [2.05, 4.69) is 81.7 Å². The molecule has 5 aromatic carbocycles. The summed E-state index contributed by atoms with van der Waals surface area (Å²) < 4.78 is 2.43. The Labute approximate surface area is 288 Å². The number of hydrogen-bond donors (Lipinski definition) is 0. The van der Waals surface area contributed by atoms with Crippen LogP contribution in [0, 0.1) is 19.8 Å². The molecular formula is C46H41NO2. The average Bonchev–Trinajstić information content (AvgIpc) is 3.50. The molecule has 6 aromatic rings. The van der Waals surface area contributed by atoms with Crippen molar-refractivity contribution in [2.45, 2.75) is 60.3 Å². The molecule has 2 aliphatic rings. The molecule has 0 bridgehead atoms. The molecule has 242 valence electrons. The maximum Gasteiger partial charge on any atom is 0.193 e. The third kappa shape index (κ3) is 4.86. The number of aromatic nitrogens is 1. The maximum atomic E-state index is 13.8. The Hall–Kier alpha value is -5.28. The van der Waals surface area contributed by atoms with E-state index in [4.69, 9.17) is 0 Å². The van der Waals surface area contributed by atoms with Gasteiger partial charge in [-0.1, -0.05) is 116 Å². The molecule has 1 unspecified atom stereocenters. The number of carbonyl (C=O) groups excluding carboxylic acids is 2. The van der Waals surface area contributed by atoms with E-state index in [0.717, 1.165) is 34.0 Å². The van der Waals surface area contributed by atoms with Crippen molar-refractivity contribution in [1.82, 2.24) is 4.57 Å². The summed E-state index contributed by atoms with van der Waals surface area (Å²) in [6.07, 6.45) is 3.31. The summed E-state index contributed by atoms with van der Waals surface area (Å²) in [6, 6.07) is 32.9. The van der Waals surface area contributed by atoms with E-state index in [1.807, 2.05) is 74.5 Å². The number of fused-ring (bicyclic) bond motifs is 6. The van der Waals surface area contributed by atoms with Crippen LogP contribution in [0.3, 0.4) is 0 Å². The van der Waals surface area contributed by atoms with Crippen molar-refractivity contribution in [2.75, 3.05) is 0 Å². The minimum absolute atomic E-state index is 0.0328. The Balaban J connectivity index is 1.35. The lowest BCUT2D eigenvalue weighted by Crippen LogP contribution is -2.16. The molecule has 1 atom stereocenters. The molecule has 1 aromatic heterocycles. The Morgan fingerprint density at radius 2 is 1.14 bits per heavy atom. The van der Waals surface area contributed by atoms with Gasteiger partial charge in [0.15, 0.2) is 11.6 Å². The van der Waals surface area contributed by atoms with Crippen molar-refractivity contribution in [2.24, 2.45) is 5.92 Å². The Morgan fingerprint density at radius 1 is 0.612 bits per heavy atom. The molecule has 2 aliphatic carbocycles. The average molecular weight is 640 g/mol. The van der Waals surface area contributed by atoms with Crippen molar-refractivity contribution in [3.8, 4) is 11.1 Å². The van der Waals surface area contributed by atoms with Crippen LogP contribution in [0.5, 0.6) is 0 Å². The predicted molar refractivity (Wildman–Crippen MR) is 203 cm³/mol. The summed E-state index contributed by atoms with van der Waals surface area (Å²) in [5.74, 6) is 0.392. The van der Waals surface area contributed by atoms with Gasteiger partial charge in [0.2, 0.25) is 0 Å². The molecule has 8 rings (SSSR count). The van der Waals surface area contributed by atoms with E-state index in [0.29, 0.717) is 28.2 Å². The smallest absolute Gasteiger partial charge is 0.193 e. The Kier molecular flexibility index (Phi) is 7.05. The fourth-order valence-corrected chi connectivity index (χ4v) is 8.40. The first-order chi connectivity index (χ1) is 23.4. The minimum Gasteiger partial charge on any atom is -0.312 e. The van der Waals surface area contributed by atoms with Crippen LogP contribution in [0.1, 0.15) is 95.1 Å². The summed E-state index contributed by atoms with van der Waals surface area (Å²) in [4.78, 5) is 27.4. The SMILES string of the molecule is CC1=CC(C)=C(n2c3cc(C(=O)c4ccc(C)cc4)ccc3c3cc4c(cc32)-c2ccc(C(=O)c3ccc(C)cc3)cc2C4(C)C)C(C)C1. The molecular weight excluding hydrogens is 599 g/mol. The van der Waals surface area contributed by atoms with Gasteiger partial charge in [-0.3, -0.25) is 9.59 Å². The standard InChI is InChI=1S/C46H41NO2/c1-26-8-12-31(13-9-26)44(48)33-16-18-35-37-25-42-38(24-40(37)46(6,7)39(35)22-33)36-19-17-34(45(49)32-14-10-27(2)11-15-32)23-41(36)47(42)43-29(4)20-28(3)21-30(43)5/h8-20,22-25,30H,21H2,1-7H3. The van der Waals surface area contributed by atoms with Crippen LogP contribution in [-0.2, 0) is 5.41 Å². The fraction of sp³-hybridized carbons (Fsp3) is 0.217. The van der Waals surface area contributed by atoms with Gasteiger partial charge in [0.05, 0.1) is 11.0 Å². The van der Waals surface area contributed by atoms with Gasteiger partial charge in [-0.15, -0.1) is 0 Å². The van der Waals surface area contributed by atoms with Crippen LogP contribution < -0.4 is 0 Å². The molecule has 0 spiro atoms. The number of ketones is 2. The van der Waals surface area contributed by atoms with E-state index in [-0.39, 0.29) is 17.0 Å². The second-order valence-electron chi connectivity index (χ2n) is 14.9. The number of hydrogen-bond acceptors (Lipinski definition) is 2. The van der Waals surface area contributed by atoms with Gasteiger partial charge in [-0.05, 0) is 86.2 Å². The zero-order valence-corrected chi connectivity index (χ0v) is 29.4. The first-order valence-electron chi connectivity index (χ1n) is 17.3. The van der Waals surface area contributed by atoms with E-state index in [1.165, 1.54) is 44.5 Å². The van der Waals surface area contributed by atoms with Crippen LogP contribution in [0.15, 0.2) is 114 Å². The Bertz CT molecular complexity index is 2450. The highest BCUT2D eigenvalue weighted by Crippen LogP contribution is 2.52. The summed E-state index contributed by atoms with van der Waals surface area (Å²) in [6.45, 7) is 15.4. The molecule has 0 N–H and O–H groups in total. The highest BCUT2D eigenvalue weighted by Gasteiger charge is 2.37. The maximum absolute atomic E-state index is 13.8. The number of rotatable bonds is 5. The molecule has 1 heterocycles. The van der Waals surface area contributed by atoms with Gasteiger partial charge in [0.25, 0.3) is 0 Å². The molecule has 0 amide bonds. The van der Waals surface area contributed by atoms with Crippen LogP contribution >= 0.6 is 0 Å². The molecule has 3 heteroatoms. The summed E-state index contributed by atoms with van der Waals surface area (Å²) in [5.41, 5.74) is 15.7. The van der Waals surface area contributed by atoms with E-state index in [1.54, 1.807) is 0 Å². The van der Waals surface area contributed by atoms with Crippen molar-refractivity contribution >= 4 is 39.1 Å². The van der Waals surface area contributed by atoms with Gasteiger partial charge in [-0.25, -0.2) is 0 Å². The van der Waals surface area contributed by atoms with Crippen LogP contribution in [0.25, 0.3) is 38.6 Å². The van der Waals surface area contributed by atoms with Gasteiger partial charge >= 0.3 is 0 Å². The molecule has 3 nitrogen and oxygen atoms in total. The van der Waals surface area contributed by atoms with Gasteiger partial charge in [0, 0.05) is 50.1 Å². The third-order valence-corrected chi connectivity index (χ3v) is 10.9. The number of aryl methyl sites for hydroxylation is 2. The molecule has 49 heavy (non-hydrogen) atoms. The van der Waals surface area contributed by atoms with Crippen molar-refractivity contribution in [3.63, 3.8) is 0 Å². The van der Waals surface area contributed by atoms with E-state index >= 15 is 0 Å². The lowest BCUT2D eigenvalue weighted by molar-refractivity contribution is 0.103. The predicted octanol–water partition coefficient (Wildman–Crippen LogP) is 11.4. The molecule has 0 radical (unpaired) electrons. The van der Waals surface area contributed by atoms with E-state index < -0.39 is 0 Å². The highest BCUT2D eigenvalue weighted by molar-refractivity contribution is 6.16. The summed E-state index contributed by atoms with van der Waals surface area (Å²) >= 11 is 0. The zero-order chi connectivity index (χ0) is 34.4. The second-order valence-corrected chi connectivity index (χ2v) is 14.9. The van der Waals surface area contributed by atoms with Crippen LogP contribution in [0.2, 0.25) is 0 Å². The monoisotopic (exact) mass is 639 g/mol. The lowest BCUT2D eigenvalue weighted by atomic mass is 9.81. The van der Waals surface area contributed by atoms with Gasteiger partial charge < -0.3 is 4.57 Å². The van der Waals surface area contributed by atoms with Gasteiger partial charge in [-0.2, -0.15) is 0 Å². The van der Waals surface area contributed by atoms with Crippen molar-refractivity contribution in [1.29, 1.82) is 0 Å². The first-order valence-corrected chi connectivity index (χ1v) is 17.3. The van der Waals surface area contributed by atoms with Gasteiger partial charge in [0.1, 0.15) is 0 Å². The van der Waals surface area contributed by atoms with Crippen molar-refractivity contribution in [3.05, 3.63) is 159 Å². The number of carbonyl (C=O) groups is 2. The van der Waals surface area contributed by atoms with Crippen LogP contribution in [0.4, 0.5) is 0 Å². The first kappa shape index (κ1) is 31.0. The number of allylic oxidation sites excluding steroid dienone is 4. The molecule has 0 fully saturated rings. The summed E-state index contributed by atoms with van der Waals surface area (Å²) in [5, 5.41) is 2.32. The third-order valence-electron chi connectivity index (χ3n) is 10.9. The topological polar surface area (TPSA) is 39.1 Å². The summed E-state index contributed by atoms with van der Waals surface area (Å²) in [7, 11) is 0. The van der Waals surface area contributed by atoms with Crippen molar-refractivity contribution < 1.29 is 9.59 Å². The lowest BCUT2D eigenvalue weighted by Gasteiger charge is -2.26. The minimum atomic E-state index is -0.300. The normalized spacial score (nSPS) is 16.6. The molecule has 0 aliphatic heterocycles. The zero-order valence-electron chi connectivity index (χ0n) is 29.4. The van der Waals surface area contributed by atoms with E-state index in [9.17, 15) is 9.59 Å². The quantitative estimate of drug-likeness (QED) is 0.176. The molecule has 0 saturated carbocycles. The van der Waals surface area contributed by atoms with Crippen LogP contribution in [-0.4, -0.2) is 16.1 Å². The number of nitrogens with zero attached hydrogens (tertiary/aromatic N) is 1. The fourth-order valence-electron chi connectivity index (χ4n) is 8.40. The Morgan fingerprint density at radius 3 is 1.76 bits per heavy atom. The largest absolute Gasteiger partial charge is 0.312 e. The highest BCUT2D eigenvalue weighted by atomic mass is 16.1. The second kappa shape index (κ2) is 11.1. The number of benzene rings is 5. The molecule has 0 saturated heterocycles.